The van der Waals surface area contributed by atoms with Crippen molar-refractivity contribution in [1.29, 1.82) is 0 Å². The third-order valence-corrected chi connectivity index (χ3v) is 7.89. The van der Waals surface area contributed by atoms with Gasteiger partial charge in [-0.15, -0.1) is 0 Å². The van der Waals surface area contributed by atoms with Crippen LogP contribution in [0.3, 0.4) is 0 Å². The summed E-state index contributed by atoms with van der Waals surface area (Å²) in [6, 6.07) is 46.2. The van der Waals surface area contributed by atoms with Gasteiger partial charge in [-0.1, -0.05) is 133 Å². The van der Waals surface area contributed by atoms with Gasteiger partial charge < -0.3 is 4.74 Å². The van der Waals surface area contributed by atoms with Crippen LogP contribution in [0.1, 0.15) is 48.5 Å². The van der Waals surface area contributed by atoms with Crippen molar-refractivity contribution in [3.05, 3.63) is 191 Å². The average Bonchev–Trinajstić information content (AvgIpc) is 3.08. The molecule has 0 radical (unpaired) electrons. The van der Waals surface area contributed by atoms with Gasteiger partial charge in [0, 0.05) is 38.9 Å². The summed E-state index contributed by atoms with van der Waals surface area (Å²) in [5, 5.41) is 1.98. The van der Waals surface area contributed by atoms with Crippen LogP contribution in [-0.2, 0) is 5.60 Å². The minimum Gasteiger partial charge on any atom is -0.473 e. The molecular formula is C39H26O3. The highest BCUT2D eigenvalue weighted by Crippen LogP contribution is 2.44. The fraction of sp³-hybridized carbons (Fsp3) is 0.0256. The summed E-state index contributed by atoms with van der Waals surface area (Å²) < 4.78 is 6.89. The molecule has 3 nitrogen and oxygen atoms in total. The monoisotopic (exact) mass is 542 g/mol. The van der Waals surface area contributed by atoms with Gasteiger partial charge in [-0.25, -0.2) is 0 Å². The van der Waals surface area contributed by atoms with Crippen molar-refractivity contribution in [2.24, 2.45) is 0 Å². The Morgan fingerprint density at radius 2 is 1.02 bits per heavy atom. The number of benzene rings is 6. The predicted molar refractivity (Wildman–Crippen MR) is 167 cm³/mol. The van der Waals surface area contributed by atoms with Gasteiger partial charge in [-0.3, -0.25) is 9.59 Å². The van der Waals surface area contributed by atoms with Crippen molar-refractivity contribution >= 4 is 28.4 Å². The van der Waals surface area contributed by atoms with Gasteiger partial charge in [0.25, 0.3) is 0 Å². The second-order valence-corrected chi connectivity index (χ2v) is 10.4. The molecule has 0 fully saturated rings. The Morgan fingerprint density at radius 1 is 0.500 bits per heavy atom. The van der Waals surface area contributed by atoms with Gasteiger partial charge in [0.05, 0.1) is 0 Å². The zero-order chi connectivity index (χ0) is 28.5. The zero-order valence-electron chi connectivity index (χ0n) is 22.7. The number of hydrogen-bond donors (Lipinski definition) is 0. The Hall–Kier alpha value is -5.54. The first-order chi connectivity index (χ1) is 20.6. The normalized spacial score (nSPS) is 15.5. The molecular weight excluding hydrogens is 516 g/mol. The van der Waals surface area contributed by atoms with Gasteiger partial charge in [-0.05, 0) is 35.1 Å². The molecule has 0 spiro atoms. The van der Waals surface area contributed by atoms with Gasteiger partial charge in [-0.2, -0.15) is 0 Å². The Kier molecular flexibility index (Phi) is 6.33. The van der Waals surface area contributed by atoms with Crippen LogP contribution in [-0.4, -0.2) is 11.6 Å². The maximum atomic E-state index is 13.1. The van der Waals surface area contributed by atoms with E-state index in [1.165, 1.54) is 0 Å². The minimum atomic E-state index is -0.876. The van der Waals surface area contributed by atoms with E-state index in [1.807, 2.05) is 133 Å². The largest absolute Gasteiger partial charge is 0.473 e. The average molecular weight is 543 g/mol. The van der Waals surface area contributed by atoms with Crippen LogP contribution >= 0.6 is 0 Å². The fourth-order valence-corrected chi connectivity index (χ4v) is 5.69. The van der Waals surface area contributed by atoms with Crippen molar-refractivity contribution in [2.75, 3.05) is 0 Å². The van der Waals surface area contributed by atoms with E-state index in [-0.39, 0.29) is 11.6 Å². The third kappa shape index (κ3) is 4.42. The zero-order valence-corrected chi connectivity index (χ0v) is 22.7. The summed E-state index contributed by atoms with van der Waals surface area (Å²) >= 11 is 0. The molecule has 0 N–H and O–H groups in total. The third-order valence-electron chi connectivity index (χ3n) is 7.89. The molecule has 0 amide bonds. The van der Waals surface area contributed by atoms with Gasteiger partial charge in [0.2, 0.25) is 0 Å². The van der Waals surface area contributed by atoms with Crippen molar-refractivity contribution in [3.8, 4) is 5.75 Å². The number of carbonyl (C=O) groups is 2. The van der Waals surface area contributed by atoms with E-state index >= 15 is 0 Å². The van der Waals surface area contributed by atoms with Gasteiger partial charge >= 0.3 is 0 Å². The number of ether oxygens (including phenoxy) is 1. The minimum absolute atomic E-state index is 0.000648. The van der Waals surface area contributed by atoms with Crippen LogP contribution in [0.2, 0.25) is 0 Å². The summed E-state index contributed by atoms with van der Waals surface area (Å²) in [5.41, 5.74) is 4.60. The Bertz CT molecular complexity index is 1960. The molecule has 1 atom stereocenters. The summed E-state index contributed by atoms with van der Waals surface area (Å²) in [4.78, 5) is 26.1. The molecule has 0 saturated carbocycles. The van der Waals surface area contributed by atoms with E-state index in [0.29, 0.717) is 22.3 Å². The number of hydrogen-bond acceptors (Lipinski definition) is 3. The highest BCUT2D eigenvalue weighted by Gasteiger charge is 2.37. The lowest BCUT2D eigenvalue weighted by atomic mass is 9.82. The summed E-state index contributed by atoms with van der Waals surface area (Å²) in [6.45, 7) is 0. The Balaban J connectivity index is 1.27. The molecule has 0 saturated heterocycles. The molecule has 1 aliphatic rings. The summed E-state index contributed by atoms with van der Waals surface area (Å²) in [6.07, 6.45) is 4.19. The summed E-state index contributed by atoms with van der Waals surface area (Å²) in [5.74, 6) is 0.734. The highest BCUT2D eigenvalue weighted by atomic mass is 16.5. The number of carbonyl (C=O) groups excluding carboxylic acids is 2. The summed E-state index contributed by atoms with van der Waals surface area (Å²) in [7, 11) is 0. The van der Waals surface area contributed by atoms with Crippen molar-refractivity contribution in [3.63, 3.8) is 0 Å². The Morgan fingerprint density at radius 3 is 1.67 bits per heavy atom. The second kappa shape index (κ2) is 10.5. The van der Waals surface area contributed by atoms with E-state index in [1.54, 1.807) is 0 Å². The van der Waals surface area contributed by atoms with Crippen LogP contribution < -0.4 is 4.74 Å². The van der Waals surface area contributed by atoms with Crippen molar-refractivity contribution < 1.29 is 14.3 Å². The molecule has 0 aliphatic carbocycles. The van der Waals surface area contributed by atoms with E-state index in [0.717, 1.165) is 33.2 Å². The van der Waals surface area contributed by atoms with Crippen molar-refractivity contribution in [2.45, 2.75) is 5.60 Å². The van der Waals surface area contributed by atoms with E-state index in [2.05, 4.69) is 24.3 Å². The van der Waals surface area contributed by atoms with Crippen molar-refractivity contribution in [1.82, 2.24) is 0 Å². The van der Waals surface area contributed by atoms with E-state index in [4.69, 9.17) is 4.74 Å². The first-order valence-corrected chi connectivity index (χ1v) is 13.9. The molecule has 0 aromatic heterocycles. The van der Waals surface area contributed by atoms with Crippen LogP contribution in [0.4, 0.5) is 0 Å². The smallest absolute Gasteiger partial charge is 0.193 e. The lowest BCUT2D eigenvalue weighted by Crippen LogP contribution is -2.34. The standard InChI is InChI=1S/C39H26O3/c40-37(27-10-4-1-5-11-27)29-16-20-33(21-17-29)39(32-14-8-3-9-15-32)25-24-35-34-22-18-31(26-30(34)19-23-36(35)42-39)38(41)28-12-6-2-7-13-28/h1-26H. The lowest BCUT2D eigenvalue weighted by molar-refractivity contribution is 0.103. The molecule has 7 rings (SSSR count). The molecule has 1 aliphatic heterocycles. The predicted octanol–water partition coefficient (Wildman–Crippen LogP) is 8.65. The molecule has 1 unspecified atom stereocenters. The second-order valence-electron chi connectivity index (χ2n) is 10.4. The molecule has 42 heavy (non-hydrogen) atoms. The van der Waals surface area contributed by atoms with Crippen LogP contribution in [0, 0.1) is 0 Å². The molecule has 3 heteroatoms. The Labute approximate surface area is 244 Å². The molecule has 200 valence electrons. The molecule has 1 heterocycles. The van der Waals surface area contributed by atoms with E-state index in [9.17, 15) is 9.59 Å². The lowest BCUT2D eigenvalue weighted by Gasteiger charge is -2.36. The van der Waals surface area contributed by atoms with Crippen LogP contribution in [0.25, 0.3) is 16.8 Å². The highest BCUT2D eigenvalue weighted by molar-refractivity contribution is 6.11. The fourth-order valence-electron chi connectivity index (χ4n) is 5.69. The van der Waals surface area contributed by atoms with E-state index < -0.39 is 5.60 Å². The van der Waals surface area contributed by atoms with Crippen LogP contribution in [0.15, 0.2) is 152 Å². The quantitative estimate of drug-likeness (QED) is 0.198. The molecule has 6 aromatic carbocycles. The first-order valence-electron chi connectivity index (χ1n) is 13.9. The van der Waals surface area contributed by atoms with Gasteiger partial charge in [0.15, 0.2) is 17.2 Å². The number of ketones is 2. The number of fused-ring (bicyclic) bond motifs is 3. The maximum absolute atomic E-state index is 13.1. The number of rotatable bonds is 6. The van der Waals surface area contributed by atoms with Crippen LogP contribution in [0.5, 0.6) is 5.75 Å². The molecule has 6 aromatic rings. The first kappa shape index (κ1) is 25.4. The molecule has 0 bridgehead atoms. The van der Waals surface area contributed by atoms with Gasteiger partial charge in [0.1, 0.15) is 5.75 Å². The SMILES string of the molecule is O=C(c1ccccc1)c1ccc(C2(c3ccccc3)C=Cc3c(ccc4cc(C(=O)c5ccccc5)ccc34)O2)cc1. The topological polar surface area (TPSA) is 43.4 Å². The maximum Gasteiger partial charge on any atom is 0.193 e.